The summed E-state index contributed by atoms with van der Waals surface area (Å²) < 4.78 is 2.30. The normalized spacial score (nSPS) is 13.2. The summed E-state index contributed by atoms with van der Waals surface area (Å²) in [7, 11) is 0. The van der Waals surface area contributed by atoms with Crippen LogP contribution in [0.2, 0.25) is 0 Å². The van der Waals surface area contributed by atoms with Crippen LogP contribution >= 0.6 is 0 Å². The van der Waals surface area contributed by atoms with Crippen LogP contribution in [0.15, 0.2) is 84.9 Å². The highest BCUT2D eigenvalue weighted by atomic mass is 16.3. The summed E-state index contributed by atoms with van der Waals surface area (Å²) in [5.41, 5.74) is 7.47. The van der Waals surface area contributed by atoms with Crippen molar-refractivity contribution in [2.75, 3.05) is 6.61 Å². The molecule has 2 N–H and O–H groups in total. The van der Waals surface area contributed by atoms with Gasteiger partial charge in [-0.3, -0.25) is 4.79 Å². The number of amides is 1. The number of aromatic nitrogens is 2. The summed E-state index contributed by atoms with van der Waals surface area (Å²) in [5.74, 6) is -0.00574. The van der Waals surface area contributed by atoms with Crippen molar-refractivity contribution < 1.29 is 9.90 Å². The number of nitrogens with zero attached hydrogens (tertiary/aromatic N) is 2. The molecule has 0 fully saturated rings. The molecule has 0 aliphatic rings. The Bertz CT molecular complexity index is 1590. The van der Waals surface area contributed by atoms with Crippen LogP contribution in [0.25, 0.3) is 21.9 Å². The van der Waals surface area contributed by atoms with Crippen molar-refractivity contribution in [1.82, 2.24) is 14.9 Å². The second-order valence-electron chi connectivity index (χ2n) is 11.0. The lowest BCUT2D eigenvalue weighted by Gasteiger charge is -2.23. The van der Waals surface area contributed by atoms with E-state index in [0.717, 1.165) is 34.5 Å². The average molecular weight is 520 g/mol. The molecule has 0 radical (unpaired) electrons. The van der Waals surface area contributed by atoms with Gasteiger partial charge in [0.1, 0.15) is 5.65 Å². The van der Waals surface area contributed by atoms with Crippen LogP contribution in [0.4, 0.5) is 0 Å². The van der Waals surface area contributed by atoms with E-state index >= 15 is 0 Å². The number of fused-ring (bicyclic) bond motifs is 3. The van der Waals surface area contributed by atoms with Gasteiger partial charge in [-0.2, -0.15) is 0 Å². The van der Waals surface area contributed by atoms with Crippen LogP contribution in [0.5, 0.6) is 0 Å². The van der Waals surface area contributed by atoms with Crippen LogP contribution < -0.4 is 5.32 Å². The third-order valence-electron chi connectivity index (χ3n) is 7.49. The SMILES string of the molecule is Cc1cc(C)c2c3ccccc3n(Cc3ccc(C(CC(C)C)C(=O)N[C@@H](CO)c4ccccc4)cc3)c2n1. The summed E-state index contributed by atoms with van der Waals surface area (Å²) >= 11 is 0. The number of aliphatic hydroxyl groups excluding tert-OH is 1. The molecule has 5 aromatic rings. The van der Waals surface area contributed by atoms with Gasteiger partial charge in [-0.15, -0.1) is 0 Å². The van der Waals surface area contributed by atoms with Crippen LogP contribution in [0, 0.1) is 19.8 Å². The van der Waals surface area contributed by atoms with Gasteiger partial charge >= 0.3 is 0 Å². The van der Waals surface area contributed by atoms with E-state index in [-0.39, 0.29) is 18.4 Å². The van der Waals surface area contributed by atoms with Crippen molar-refractivity contribution in [2.24, 2.45) is 5.92 Å². The molecule has 2 aromatic heterocycles. The van der Waals surface area contributed by atoms with Crippen molar-refractivity contribution in [3.05, 3.63) is 113 Å². The number of para-hydroxylation sites is 1. The first-order valence-corrected chi connectivity index (χ1v) is 13.8. The zero-order valence-corrected chi connectivity index (χ0v) is 23.2. The molecular formula is C34H37N3O2. The van der Waals surface area contributed by atoms with Crippen molar-refractivity contribution in [1.29, 1.82) is 0 Å². The van der Waals surface area contributed by atoms with Gasteiger partial charge in [-0.05, 0) is 60.6 Å². The first-order valence-electron chi connectivity index (χ1n) is 13.8. The molecule has 0 bridgehead atoms. The minimum Gasteiger partial charge on any atom is -0.394 e. The van der Waals surface area contributed by atoms with Crippen molar-refractivity contribution in [3.63, 3.8) is 0 Å². The van der Waals surface area contributed by atoms with Gasteiger partial charge < -0.3 is 15.0 Å². The fraction of sp³-hybridized carbons (Fsp3) is 0.294. The molecule has 0 aliphatic heterocycles. The lowest BCUT2D eigenvalue weighted by atomic mass is 9.88. The monoisotopic (exact) mass is 519 g/mol. The number of carbonyl (C=O) groups excluding carboxylic acids is 1. The fourth-order valence-electron chi connectivity index (χ4n) is 5.64. The van der Waals surface area contributed by atoms with Gasteiger partial charge in [-0.25, -0.2) is 4.98 Å². The first kappa shape index (κ1) is 26.6. The summed E-state index contributed by atoms with van der Waals surface area (Å²) in [5, 5.41) is 15.5. The molecule has 0 saturated carbocycles. The Morgan fingerprint density at radius 1 is 0.923 bits per heavy atom. The molecule has 5 rings (SSSR count). The van der Waals surface area contributed by atoms with Gasteiger partial charge in [0.15, 0.2) is 0 Å². The Morgan fingerprint density at radius 2 is 1.62 bits per heavy atom. The summed E-state index contributed by atoms with van der Waals surface area (Å²) in [6.45, 7) is 9.02. The molecule has 5 heteroatoms. The van der Waals surface area contributed by atoms with E-state index in [1.54, 1.807) is 0 Å². The highest BCUT2D eigenvalue weighted by Crippen LogP contribution is 2.32. The predicted molar refractivity (Wildman–Crippen MR) is 159 cm³/mol. The molecule has 0 aliphatic carbocycles. The molecule has 39 heavy (non-hydrogen) atoms. The molecule has 0 saturated heterocycles. The van der Waals surface area contributed by atoms with E-state index in [9.17, 15) is 9.90 Å². The molecule has 3 aromatic carbocycles. The number of carbonyl (C=O) groups is 1. The molecule has 5 nitrogen and oxygen atoms in total. The smallest absolute Gasteiger partial charge is 0.228 e. The number of rotatable bonds is 9. The zero-order valence-electron chi connectivity index (χ0n) is 23.2. The lowest BCUT2D eigenvalue weighted by molar-refractivity contribution is -0.124. The van der Waals surface area contributed by atoms with Gasteiger partial charge in [0, 0.05) is 23.0 Å². The van der Waals surface area contributed by atoms with Crippen LogP contribution in [-0.2, 0) is 11.3 Å². The van der Waals surface area contributed by atoms with E-state index < -0.39 is 6.04 Å². The van der Waals surface area contributed by atoms with Gasteiger partial charge in [0.2, 0.25) is 5.91 Å². The lowest BCUT2D eigenvalue weighted by Crippen LogP contribution is -2.35. The fourth-order valence-corrected chi connectivity index (χ4v) is 5.64. The Morgan fingerprint density at radius 3 is 2.31 bits per heavy atom. The molecule has 200 valence electrons. The first-order chi connectivity index (χ1) is 18.9. The Balaban J connectivity index is 1.43. The van der Waals surface area contributed by atoms with Crippen molar-refractivity contribution in [2.45, 2.75) is 52.6 Å². The number of pyridine rings is 1. The quantitative estimate of drug-likeness (QED) is 0.224. The van der Waals surface area contributed by atoms with E-state index in [4.69, 9.17) is 4.98 Å². The number of hydrogen-bond donors (Lipinski definition) is 2. The third-order valence-corrected chi connectivity index (χ3v) is 7.49. The molecule has 1 amide bonds. The third kappa shape index (κ3) is 5.59. The van der Waals surface area contributed by atoms with Crippen LogP contribution in [-0.4, -0.2) is 27.2 Å². The Kier molecular flexibility index (Phi) is 7.80. The van der Waals surface area contributed by atoms with Crippen LogP contribution in [0.3, 0.4) is 0 Å². The number of aryl methyl sites for hydroxylation is 2. The van der Waals surface area contributed by atoms with E-state index in [0.29, 0.717) is 12.5 Å². The standard InChI is InChI=1S/C34H37N3O2/c1-22(2)18-29(34(39)36-30(21-38)27-10-6-5-7-11-27)26-16-14-25(15-17-26)20-37-31-13-9-8-12-28(31)32-23(3)19-24(4)35-33(32)37/h5-17,19,22,29-30,38H,18,20-21H2,1-4H3,(H,36,39)/t29?,30-/m0/s1. The average Bonchev–Trinajstić information content (AvgIpc) is 3.24. The Hall–Kier alpha value is -3.96. The topological polar surface area (TPSA) is 67.2 Å². The van der Waals surface area contributed by atoms with Gasteiger partial charge in [-0.1, -0.05) is 86.6 Å². The van der Waals surface area contributed by atoms with Crippen molar-refractivity contribution >= 4 is 27.8 Å². The zero-order chi connectivity index (χ0) is 27.5. The molecule has 2 atom stereocenters. The van der Waals surface area contributed by atoms with Gasteiger partial charge in [0.25, 0.3) is 0 Å². The van der Waals surface area contributed by atoms with Crippen LogP contribution in [0.1, 0.15) is 60.2 Å². The number of nitrogens with one attached hydrogen (secondary N) is 1. The molecular weight excluding hydrogens is 482 g/mol. The largest absolute Gasteiger partial charge is 0.394 e. The predicted octanol–water partition coefficient (Wildman–Crippen LogP) is 6.83. The highest BCUT2D eigenvalue weighted by Gasteiger charge is 2.25. The maximum atomic E-state index is 13.5. The summed E-state index contributed by atoms with van der Waals surface area (Å²) in [6.07, 6.45) is 0.730. The summed E-state index contributed by atoms with van der Waals surface area (Å²) in [6, 6.07) is 28.3. The highest BCUT2D eigenvalue weighted by molar-refractivity contribution is 6.08. The van der Waals surface area contributed by atoms with Crippen molar-refractivity contribution in [3.8, 4) is 0 Å². The molecule has 2 heterocycles. The maximum absolute atomic E-state index is 13.5. The second kappa shape index (κ2) is 11.4. The number of aliphatic hydroxyl groups is 1. The van der Waals surface area contributed by atoms with Gasteiger partial charge in [0.05, 0.1) is 24.1 Å². The Labute approximate surface area is 230 Å². The number of benzene rings is 3. The van der Waals surface area contributed by atoms with E-state index in [2.05, 4.69) is 85.3 Å². The van der Waals surface area contributed by atoms with E-state index in [1.807, 2.05) is 37.3 Å². The minimum absolute atomic E-state index is 0.0584. The van der Waals surface area contributed by atoms with E-state index in [1.165, 1.54) is 21.9 Å². The summed E-state index contributed by atoms with van der Waals surface area (Å²) in [4.78, 5) is 18.4. The minimum atomic E-state index is -0.428. The molecule has 0 spiro atoms. The second-order valence-corrected chi connectivity index (χ2v) is 11.0. The number of hydrogen-bond acceptors (Lipinski definition) is 3. The molecule has 1 unspecified atom stereocenters. The maximum Gasteiger partial charge on any atom is 0.228 e.